The molecular formula is C22H18ClF3N2O3S. The van der Waals surface area contributed by atoms with Crippen LogP contribution in [0.4, 0.5) is 18.3 Å². The summed E-state index contributed by atoms with van der Waals surface area (Å²) in [6.07, 6.45) is -4.78. The monoisotopic (exact) mass is 482 g/mol. The molecule has 0 fully saturated rings. The highest BCUT2D eigenvalue weighted by Crippen LogP contribution is 2.39. The molecule has 10 heteroatoms. The largest absolute Gasteiger partial charge is 0.481 e. The minimum absolute atomic E-state index is 0.0253. The number of amides is 1. The van der Waals surface area contributed by atoms with Crippen LogP contribution in [0.2, 0.25) is 5.02 Å². The predicted octanol–water partition coefficient (Wildman–Crippen LogP) is 5.78. The fourth-order valence-corrected chi connectivity index (χ4v) is 4.21. The second kappa shape index (κ2) is 9.70. The van der Waals surface area contributed by atoms with Gasteiger partial charge in [-0.3, -0.25) is 14.5 Å². The second-order valence-corrected chi connectivity index (χ2v) is 8.36. The number of halogens is 4. The zero-order valence-electron chi connectivity index (χ0n) is 16.8. The van der Waals surface area contributed by atoms with E-state index in [1.807, 2.05) is 6.07 Å². The average Bonchev–Trinajstić information content (AvgIpc) is 3.22. The molecule has 32 heavy (non-hydrogen) atoms. The SMILES string of the molecule is CN(C(=O)C(CC(=O)O)Cc1ccccc1)c1nc(-c2cc(Cl)ccc2C(F)(F)F)cs1. The minimum Gasteiger partial charge on any atom is -0.481 e. The normalized spacial score (nSPS) is 12.4. The summed E-state index contributed by atoms with van der Waals surface area (Å²) in [6, 6.07) is 12.2. The molecule has 0 saturated heterocycles. The van der Waals surface area contributed by atoms with Gasteiger partial charge in [-0.25, -0.2) is 4.98 Å². The number of thiazole rings is 1. The van der Waals surface area contributed by atoms with Crippen LogP contribution < -0.4 is 4.90 Å². The summed E-state index contributed by atoms with van der Waals surface area (Å²) in [7, 11) is 1.42. The smallest absolute Gasteiger partial charge is 0.417 e. The van der Waals surface area contributed by atoms with E-state index in [1.165, 1.54) is 23.4 Å². The van der Waals surface area contributed by atoms with E-state index in [1.54, 1.807) is 24.3 Å². The van der Waals surface area contributed by atoms with Crippen LogP contribution in [-0.2, 0) is 22.2 Å². The summed E-state index contributed by atoms with van der Waals surface area (Å²) in [4.78, 5) is 29.7. The third-order valence-electron chi connectivity index (χ3n) is 4.77. The van der Waals surface area contributed by atoms with Crippen molar-refractivity contribution in [3.8, 4) is 11.3 Å². The molecule has 3 rings (SSSR count). The molecule has 1 amide bonds. The number of benzene rings is 2. The molecule has 0 bridgehead atoms. The number of carboxylic acid groups (broad SMARTS) is 1. The summed E-state index contributed by atoms with van der Waals surface area (Å²) >= 11 is 6.88. The van der Waals surface area contributed by atoms with Crippen LogP contribution in [0.25, 0.3) is 11.3 Å². The van der Waals surface area contributed by atoms with Crippen LogP contribution in [0.5, 0.6) is 0 Å². The zero-order chi connectivity index (χ0) is 23.5. The Morgan fingerprint density at radius 3 is 2.50 bits per heavy atom. The van der Waals surface area contributed by atoms with Gasteiger partial charge in [0.15, 0.2) is 5.13 Å². The number of alkyl halides is 3. The summed E-state index contributed by atoms with van der Waals surface area (Å²) < 4.78 is 40.2. The number of hydrogen-bond acceptors (Lipinski definition) is 4. The highest BCUT2D eigenvalue weighted by molar-refractivity contribution is 7.14. The van der Waals surface area contributed by atoms with Crippen molar-refractivity contribution >= 4 is 39.9 Å². The highest BCUT2D eigenvalue weighted by Gasteiger charge is 2.34. The van der Waals surface area contributed by atoms with Crippen LogP contribution in [0.1, 0.15) is 17.5 Å². The van der Waals surface area contributed by atoms with E-state index in [0.717, 1.165) is 29.0 Å². The lowest BCUT2D eigenvalue weighted by Gasteiger charge is -2.21. The number of carbonyl (C=O) groups is 2. The molecule has 3 aromatic rings. The topological polar surface area (TPSA) is 70.5 Å². The Balaban J connectivity index is 1.88. The molecule has 0 aliphatic carbocycles. The number of rotatable bonds is 7. The van der Waals surface area contributed by atoms with Gasteiger partial charge in [-0.1, -0.05) is 41.9 Å². The number of hydrogen-bond donors (Lipinski definition) is 1. The molecule has 1 heterocycles. The Morgan fingerprint density at radius 2 is 1.88 bits per heavy atom. The maximum absolute atomic E-state index is 13.4. The zero-order valence-corrected chi connectivity index (χ0v) is 18.3. The van der Waals surface area contributed by atoms with Crippen LogP contribution in [0.3, 0.4) is 0 Å². The van der Waals surface area contributed by atoms with Crippen LogP contribution in [0, 0.1) is 5.92 Å². The van der Waals surface area contributed by atoms with Gasteiger partial charge < -0.3 is 5.11 Å². The molecule has 2 aromatic carbocycles. The molecule has 1 unspecified atom stereocenters. The third-order valence-corrected chi connectivity index (χ3v) is 5.92. The lowest BCUT2D eigenvalue weighted by molar-refractivity contribution is -0.140. The van der Waals surface area contributed by atoms with Crippen molar-refractivity contribution in [3.05, 3.63) is 70.1 Å². The fourth-order valence-electron chi connectivity index (χ4n) is 3.24. The van der Waals surface area contributed by atoms with Gasteiger partial charge in [0.1, 0.15) is 0 Å². The molecule has 1 aromatic heterocycles. The number of carboxylic acids is 1. The van der Waals surface area contributed by atoms with E-state index in [-0.39, 0.29) is 34.3 Å². The molecule has 0 radical (unpaired) electrons. The van der Waals surface area contributed by atoms with Crippen molar-refractivity contribution < 1.29 is 27.9 Å². The van der Waals surface area contributed by atoms with E-state index >= 15 is 0 Å². The van der Waals surface area contributed by atoms with Gasteiger partial charge >= 0.3 is 12.1 Å². The van der Waals surface area contributed by atoms with Crippen molar-refractivity contribution in [2.24, 2.45) is 5.92 Å². The number of aliphatic carboxylic acids is 1. The average molecular weight is 483 g/mol. The van der Waals surface area contributed by atoms with Crippen molar-refractivity contribution in [2.75, 3.05) is 11.9 Å². The first-order valence-electron chi connectivity index (χ1n) is 9.42. The molecule has 1 atom stereocenters. The van der Waals surface area contributed by atoms with E-state index in [4.69, 9.17) is 11.6 Å². The van der Waals surface area contributed by atoms with Crippen molar-refractivity contribution in [1.82, 2.24) is 4.98 Å². The van der Waals surface area contributed by atoms with E-state index in [0.29, 0.717) is 0 Å². The molecule has 0 aliphatic rings. The first-order valence-corrected chi connectivity index (χ1v) is 10.7. The van der Waals surface area contributed by atoms with Gasteiger partial charge in [0.25, 0.3) is 0 Å². The Hall–Kier alpha value is -2.91. The van der Waals surface area contributed by atoms with Crippen LogP contribution in [-0.4, -0.2) is 29.0 Å². The summed E-state index contributed by atoms with van der Waals surface area (Å²) in [5, 5.41) is 10.9. The summed E-state index contributed by atoms with van der Waals surface area (Å²) in [5.74, 6) is -2.47. The third kappa shape index (κ3) is 5.66. The lowest BCUT2D eigenvalue weighted by atomic mass is 9.95. The first-order chi connectivity index (χ1) is 15.1. The first kappa shape index (κ1) is 23.7. The van der Waals surface area contributed by atoms with Gasteiger partial charge in [0, 0.05) is 23.0 Å². The Labute approximate surface area is 191 Å². The number of nitrogens with zero attached hydrogens (tertiary/aromatic N) is 2. The van der Waals surface area contributed by atoms with Crippen LogP contribution >= 0.6 is 22.9 Å². The molecule has 5 nitrogen and oxygen atoms in total. The van der Waals surface area contributed by atoms with Crippen LogP contribution in [0.15, 0.2) is 53.9 Å². The maximum atomic E-state index is 13.4. The number of carbonyl (C=O) groups excluding carboxylic acids is 1. The molecule has 0 aliphatic heterocycles. The number of anilines is 1. The Morgan fingerprint density at radius 1 is 1.19 bits per heavy atom. The highest BCUT2D eigenvalue weighted by atomic mass is 35.5. The predicted molar refractivity (Wildman–Crippen MR) is 117 cm³/mol. The number of aromatic nitrogens is 1. The Bertz CT molecular complexity index is 1120. The molecule has 0 saturated carbocycles. The standard InChI is InChI=1S/C22H18ClF3N2O3S/c1-28(20(31)14(10-19(29)30)9-13-5-3-2-4-6-13)21-27-18(12-32-21)16-11-15(23)7-8-17(16)22(24,25)26/h2-8,11-12,14H,9-10H2,1H3,(H,29,30). The lowest BCUT2D eigenvalue weighted by Crippen LogP contribution is -2.35. The summed E-state index contributed by atoms with van der Waals surface area (Å²) in [5.41, 5.74) is -0.258. The van der Waals surface area contributed by atoms with E-state index in [9.17, 15) is 27.9 Å². The quantitative estimate of drug-likeness (QED) is 0.463. The van der Waals surface area contributed by atoms with E-state index < -0.39 is 29.5 Å². The van der Waals surface area contributed by atoms with Gasteiger partial charge in [-0.05, 0) is 30.2 Å². The van der Waals surface area contributed by atoms with Gasteiger partial charge in [-0.15, -0.1) is 11.3 Å². The summed E-state index contributed by atoms with van der Waals surface area (Å²) in [6.45, 7) is 0. The molecule has 1 N–H and O–H groups in total. The van der Waals surface area contributed by atoms with Gasteiger partial charge in [-0.2, -0.15) is 13.2 Å². The Kier molecular flexibility index (Phi) is 7.20. The van der Waals surface area contributed by atoms with Crippen molar-refractivity contribution in [3.63, 3.8) is 0 Å². The second-order valence-electron chi connectivity index (χ2n) is 7.08. The maximum Gasteiger partial charge on any atom is 0.417 e. The molecule has 168 valence electrons. The van der Waals surface area contributed by atoms with Gasteiger partial charge in [0.05, 0.1) is 23.6 Å². The van der Waals surface area contributed by atoms with Crippen molar-refractivity contribution in [2.45, 2.75) is 19.0 Å². The van der Waals surface area contributed by atoms with Gasteiger partial charge in [0.2, 0.25) is 5.91 Å². The molecule has 0 spiro atoms. The van der Waals surface area contributed by atoms with Crippen molar-refractivity contribution in [1.29, 1.82) is 0 Å². The van der Waals surface area contributed by atoms with E-state index in [2.05, 4.69) is 4.98 Å². The minimum atomic E-state index is -4.60. The fraction of sp³-hybridized carbons (Fsp3) is 0.227. The molecular weight excluding hydrogens is 465 g/mol.